The van der Waals surface area contributed by atoms with Crippen molar-refractivity contribution < 1.29 is 0 Å². The number of H-pyrrole nitrogens is 2. The van der Waals surface area contributed by atoms with Gasteiger partial charge in [-0.2, -0.15) is 5.21 Å². The number of benzene rings is 1. The van der Waals surface area contributed by atoms with Gasteiger partial charge in [-0.25, -0.2) is 4.98 Å². The smallest absolute Gasteiger partial charge is 0.222 e. The third kappa shape index (κ3) is 2.81. The molecule has 0 unspecified atom stereocenters. The number of tetrazole rings is 1. The zero-order valence-electron chi connectivity index (χ0n) is 15.6. The topological polar surface area (TPSA) is 83.1 Å². The fraction of sp³-hybridized carbons (Fsp3) is 0.333. The molecule has 3 aromatic heterocycles. The van der Waals surface area contributed by atoms with E-state index in [2.05, 4.69) is 63.7 Å². The summed E-state index contributed by atoms with van der Waals surface area (Å²) in [5.41, 5.74) is 7.37. The van der Waals surface area contributed by atoms with Gasteiger partial charge in [0.2, 0.25) is 5.82 Å². The average Bonchev–Trinajstić information content (AvgIpc) is 3.12. The lowest BCUT2D eigenvalue weighted by atomic mass is 9.96. The molecule has 0 aliphatic heterocycles. The number of hydrogen-bond donors (Lipinski definition) is 2. The normalized spacial score (nSPS) is 15.3. The Morgan fingerprint density at radius 2 is 2.04 bits per heavy atom. The molecular weight excluding hydrogens is 336 g/mol. The summed E-state index contributed by atoms with van der Waals surface area (Å²) in [5.74, 6) is 0.526. The number of aryl methyl sites for hydroxylation is 1. The Labute approximate surface area is 157 Å². The number of hydrogen-bond acceptors (Lipinski definition) is 4. The summed E-state index contributed by atoms with van der Waals surface area (Å²) in [6.07, 6.45) is 4.32. The van der Waals surface area contributed by atoms with E-state index in [0.717, 1.165) is 24.2 Å². The number of aromatic nitrogens is 6. The van der Waals surface area contributed by atoms with Crippen LogP contribution in [0.1, 0.15) is 49.2 Å². The monoisotopic (exact) mass is 358 g/mol. The van der Waals surface area contributed by atoms with E-state index in [1.54, 1.807) is 0 Å². The first-order chi connectivity index (χ1) is 13.2. The van der Waals surface area contributed by atoms with E-state index in [0.29, 0.717) is 5.82 Å². The van der Waals surface area contributed by atoms with Crippen molar-refractivity contribution in [1.29, 1.82) is 0 Å². The maximum atomic E-state index is 4.78. The number of rotatable bonds is 5. The maximum absolute atomic E-state index is 4.78. The molecule has 0 amide bonds. The Bertz CT molecular complexity index is 1110. The summed E-state index contributed by atoms with van der Waals surface area (Å²) in [7, 11) is 0. The van der Waals surface area contributed by atoms with Crippen LogP contribution in [0.15, 0.2) is 36.4 Å². The average molecular weight is 358 g/mol. The molecule has 5 rings (SSSR count). The fourth-order valence-electron chi connectivity index (χ4n) is 3.81. The number of aromatic amines is 2. The summed E-state index contributed by atoms with van der Waals surface area (Å²) in [5, 5.41) is 15.5. The van der Waals surface area contributed by atoms with Crippen molar-refractivity contribution in [3.8, 4) is 11.5 Å². The summed E-state index contributed by atoms with van der Waals surface area (Å²) >= 11 is 0. The van der Waals surface area contributed by atoms with Crippen LogP contribution in [0.5, 0.6) is 0 Å². The summed E-state index contributed by atoms with van der Waals surface area (Å²) in [6.45, 7) is 4.55. The van der Waals surface area contributed by atoms with Gasteiger partial charge >= 0.3 is 0 Å². The van der Waals surface area contributed by atoms with Crippen LogP contribution in [0.4, 0.5) is 0 Å². The second-order valence-corrected chi connectivity index (χ2v) is 7.70. The van der Waals surface area contributed by atoms with Gasteiger partial charge in [-0.3, -0.25) is 0 Å². The van der Waals surface area contributed by atoms with E-state index in [1.807, 2.05) is 12.1 Å². The maximum Gasteiger partial charge on any atom is 0.222 e. The van der Waals surface area contributed by atoms with Gasteiger partial charge in [0.05, 0.1) is 0 Å². The van der Waals surface area contributed by atoms with Gasteiger partial charge in [0.15, 0.2) is 0 Å². The third-order valence-electron chi connectivity index (χ3n) is 5.72. The predicted octanol–water partition coefficient (Wildman–Crippen LogP) is 3.95. The van der Waals surface area contributed by atoms with Gasteiger partial charge in [-0.15, -0.1) is 10.2 Å². The molecule has 0 bridgehead atoms. The second kappa shape index (κ2) is 6.01. The summed E-state index contributed by atoms with van der Waals surface area (Å²) in [4.78, 5) is 8.51. The lowest BCUT2D eigenvalue weighted by Crippen LogP contribution is -2.05. The highest BCUT2D eigenvalue weighted by molar-refractivity contribution is 5.86. The molecule has 6 nitrogen and oxygen atoms in total. The van der Waals surface area contributed by atoms with Crippen molar-refractivity contribution in [2.45, 2.75) is 44.9 Å². The van der Waals surface area contributed by atoms with E-state index < -0.39 is 0 Å². The molecule has 1 aromatic carbocycles. The van der Waals surface area contributed by atoms with Gasteiger partial charge < -0.3 is 4.98 Å². The molecule has 1 fully saturated rings. The zero-order chi connectivity index (χ0) is 18.4. The van der Waals surface area contributed by atoms with Gasteiger partial charge in [-0.05, 0) is 53.8 Å². The van der Waals surface area contributed by atoms with E-state index >= 15 is 0 Å². The predicted molar refractivity (Wildman–Crippen MR) is 104 cm³/mol. The Morgan fingerprint density at radius 1 is 1.15 bits per heavy atom. The van der Waals surface area contributed by atoms with Gasteiger partial charge in [-0.1, -0.05) is 32.0 Å². The van der Waals surface area contributed by atoms with Crippen LogP contribution in [0, 0.1) is 0 Å². The molecule has 1 saturated carbocycles. The van der Waals surface area contributed by atoms with Crippen LogP contribution in [0.25, 0.3) is 22.4 Å². The Hall–Kier alpha value is -3.02. The first-order valence-corrected chi connectivity index (χ1v) is 9.50. The second-order valence-electron chi connectivity index (χ2n) is 7.70. The Balaban J connectivity index is 1.59. The van der Waals surface area contributed by atoms with E-state index in [1.165, 1.54) is 40.6 Å². The first-order valence-electron chi connectivity index (χ1n) is 9.50. The van der Waals surface area contributed by atoms with Crippen LogP contribution in [0.2, 0.25) is 0 Å². The molecule has 0 atom stereocenters. The van der Waals surface area contributed by atoms with Crippen molar-refractivity contribution >= 4 is 10.9 Å². The van der Waals surface area contributed by atoms with Crippen LogP contribution < -0.4 is 0 Å². The molecule has 0 saturated heterocycles. The quantitative estimate of drug-likeness (QED) is 0.566. The summed E-state index contributed by atoms with van der Waals surface area (Å²) in [6, 6.07) is 12.8. The molecule has 1 aliphatic carbocycles. The molecule has 27 heavy (non-hydrogen) atoms. The molecule has 4 aromatic rings. The van der Waals surface area contributed by atoms with Crippen molar-refractivity contribution in [2.24, 2.45) is 0 Å². The van der Waals surface area contributed by atoms with Gasteiger partial charge in [0, 0.05) is 34.1 Å². The van der Waals surface area contributed by atoms with E-state index in [-0.39, 0.29) is 5.41 Å². The van der Waals surface area contributed by atoms with Gasteiger partial charge in [0.1, 0.15) is 5.69 Å². The van der Waals surface area contributed by atoms with Crippen LogP contribution in [-0.4, -0.2) is 30.6 Å². The highest BCUT2D eigenvalue weighted by Crippen LogP contribution is 2.50. The van der Waals surface area contributed by atoms with Crippen molar-refractivity contribution in [2.75, 3.05) is 0 Å². The zero-order valence-corrected chi connectivity index (χ0v) is 15.6. The SMILES string of the molecule is CCc1ccc2c(Cc3cccc(-c4nn[nH]n4)n3)c(C3(C)CC3)[nH]c2c1. The standard InChI is InChI=1S/C21H22N6/c1-3-13-7-8-15-16(19(21(2)9-10-21)23-18(15)11-13)12-14-5-4-6-17(22-14)20-24-26-27-25-20/h4-8,11,23H,3,9-10,12H2,1-2H3,(H,24,25,26,27). The number of nitrogens with one attached hydrogen (secondary N) is 2. The Morgan fingerprint density at radius 3 is 2.78 bits per heavy atom. The molecule has 0 radical (unpaired) electrons. The highest BCUT2D eigenvalue weighted by Gasteiger charge is 2.42. The molecule has 136 valence electrons. The van der Waals surface area contributed by atoms with E-state index in [9.17, 15) is 0 Å². The van der Waals surface area contributed by atoms with Gasteiger partial charge in [0.25, 0.3) is 0 Å². The Kier molecular flexibility index (Phi) is 3.60. The molecular formula is C21H22N6. The lowest BCUT2D eigenvalue weighted by molar-refractivity contribution is 0.748. The molecule has 0 spiro atoms. The lowest BCUT2D eigenvalue weighted by Gasteiger charge is -2.11. The molecule has 1 aliphatic rings. The van der Waals surface area contributed by atoms with Crippen molar-refractivity contribution in [1.82, 2.24) is 30.6 Å². The third-order valence-corrected chi connectivity index (χ3v) is 5.72. The largest absolute Gasteiger partial charge is 0.358 e. The minimum absolute atomic E-state index is 0.270. The fourth-order valence-corrected chi connectivity index (χ4v) is 3.81. The minimum atomic E-state index is 0.270. The summed E-state index contributed by atoms with van der Waals surface area (Å²) < 4.78 is 0. The van der Waals surface area contributed by atoms with Crippen LogP contribution in [0.3, 0.4) is 0 Å². The van der Waals surface area contributed by atoms with E-state index in [4.69, 9.17) is 4.98 Å². The minimum Gasteiger partial charge on any atom is -0.358 e. The number of fused-ring (bicyclic) bond motifs is 1. The number of pyridine rings is 1. The molecule has 6 heteroatoms. The van der Waals surface area contributed by atoms with Crippen molar-refractivity contribution in [3.05, 3.63) is 58.9 Å². The van der Waals surface area contributed by atoms with Crippen LogP contribution >= 0.6 is 0 Å². The van der Waals surface area contributed by atoms with Crippen molar-refractivity contribution in [3.63, 3.8) is 0 Å². The molecule has 3 heterocycles. The number of nitrogens with zero attached hydrogens (tertiary/aromatic N) is 4. The van der Waals surface area contributed by atoms with Crippen LogP contribution in [-0.2, 0) is 18.3 Å². The highest BCUT2D eigenvalue weighted by atomic mass is 15.5. The molecule has 2 N–H and O–H groups in total. The first kappa shape index (κ1) is 16.2.